The third-order valence-electron chi connectivity index (χ3n) is 4.70. The molecule has 0 aromatic carbocycles. The third kappa shape index (κ3) is 5.67. The number of carboxylic acid groups (broad SMARTS) is 1. The maximum Gasteiger partial charge on any atom is 0.346 e. The highest BCUT2D eigenvalue weighted by molar-refractivity contribution is 6.27. The Bertz CT molecular complexity index is 1230. The molecule has 0 saturated heterocycles. The van der Waals surface area contributed by atoms with E-state index in [2.05, 4.69) is 15.3 Å². The second-order valence-electron chi connectivity index (χ2n) is 7.30. The van der Waals surface area contributed by atoms with Gasteiger partial charge in [0, 0.05) is 36.1 Å². The van der Waals surface area contributed by atoms with Crippen LogP contribution in [-0.4, -0.2) is 65.4 Å². The molecule has 0 atom stereocenters. The van der Waals surface area contributed by atoms with E-state index in [4.69, 9.17) is 19.4 Å². The lowest BCUT2D eigenvalue weighted by Crippen LogP contribution is -2.23. The first-order valence-electron chi connectivity index (χ1n) is 10.3. The predicted octanol–water partition coefficient (Wildman–Crippen LogP) is 2.12. The maximum absolute atomic E-state index is 13.2. The number of hydrogen-bond donors (Lipinski definition) is 3. The van der Waals surface area contributed by atoms with Crippen molar-refractivity contribution in [3.63, 3.8) is 0 Å². The zero-order chi connectivity index (χ0) is 24.5. The minimum Gasteiger partial charge on any atom is -0.483 e. The first kappa shape index (κ1) is 24.2. The molecule has 0 unspecified atom stereocenters. The molecule has 0 fully saturated rings. The molecule has 2 aromatic heterocycles. The van der Waals surface area contributed by atoms with Crippen LogP contribution >= 0.6 is 0 Å². The number of pyridine rings is 1. The molecule has 2 aromatic rings. The Labute approximate surface area is 195 Å². The maximum atomic E-state index is 13.2. The Hall–Kier alpha value is -4.44. The molecule has 10 nitrogen and oxygen atoms in total. The van der Waals surface area contributed by atoms with Gasteiger partial charge in [-0.15, -0.1) is 0 Å². The largest absolute Gasteiger partial charge is 0.483 e. The molecule has 176 valence electrons. The molecule has 0 bridgehead atoms. The van der Waals surface area contributed by atoms with E-state index in [0.717, 1.165) is 10.9 Å². The highest BCUT2D eigenvalue weighted by Gasteiger charge is 2.38. The van der Waals surface area contributed by atoms with Gasteiger partial charge in [-0.3, -0.25) is 9.59 Å². The second kappa shape index (κ2) is 11.4. The number of carbonyl (C=O) groups excluding carboxylic acids is 2. The van der Waals surface area contributed by atoms with Crippen LogP contribution in [0.1, 0.15) is 5.56 Å². The second-order valence-corrected chi connectivity index (χ2v) is 7.30. The molecule has 0 saturated carbocycles. The number of H-pyrrole nitrogens is 1. The van der Waals surface area contributed by atoms with E-state index < -0.39 is 11.8 Å². The summed E-state index contributed by atoms with van der Waals surface area (Å²) in [5.74, 6) is -1.06. The number of allylic oxidation sites excluding steroid dienone is 5. The van der Waals surface area contributed by atoms with Crippen molar-refractivity contribution in [1.29, 1.82) is 0 Å². The van der Waals surface area contributed by atoms with E-state index in [-0.39, 0.29) is 30.2 Å². The van der Waals surface area contributed by atoms with Crippen LogP contribution in [0.5, 0.6) is 0 Å². The van der Waals surface area contributed by atoms with Crippen molar-refractivity contribution in [1.82, 2.24) is 20.2 Å². The lowest BCUT2D eigenvalue weighted by atomic mass is 10.1. The Balaban J connectivity index is 0.00000103. The number of ether oxygens (including phenoxy) is 2. The SMILES string of the molecule is CN(C)CCOC(=O)C1=C(C2=CC=CC=CN2)OC(=Cc2c[nH]c3ncccc23)C1=O.O=CO. The van der Waals surface area contributed by atoms with Crippen molar-refractivity contribution < 1.29 is 29.0 Å². The van der Waals surface area contributed by atoms with Gasteiger partial charge in [-0.05, 0) is 44.5 Å². The average Bonchev–Trinajstić information content (AvgIpc) is 3.23. The smallest absolute Gasteiger partial charge is 0.346 e. The summed E-state index contributed by atoms with van der Waals surface area (Å²) in [6, 6.07) is 3.70. The van der Waals surface area contributed by atoms with Crippen molar-refractivity contribution in [2.75, 3.05) is 27.2 Å². The number of rotatable bonds is 6. The van der Waals surface area contributed by atoms with Gasteiger partial charge in [0.25, 0.3) is 6.47 Å². The van der Waals surface area contributed by atoms with E-state index in [9.17, 15) is 9.59 Å². The first-order valence-corrected chi connectivity index (χ1v) is 10.3. The minimum absolute atomic E-state index is 0.0409. The number of Topliss-reactive ketones (excluding diaryl/α,β-unsaturated/α-hetero) is 1. The van der Waals surface area contributed by atoms with E-state index in [1.807, 2.05) is 37.2 Å². The zero-order valence-corrected chi connectivity index (χ0v) is 18.6. The molecule has 4 rings (SSSR count). The fraction of sp³-hybridized carbons (Fsp3) is 0.167. The number of likely N-dealkylation sites (N-methyl/N-ethyl adjacent to an activating group) is 1. The summed E-state index contributed by atoms with van der Waals surface area (Å²) in [4.78, 5) is 43.5. The zero-order valence-electron chi connectivity index (χ0n) is 18.6. The number of hydrogen-bond acceptors (Lipinski definition) is 8. The van der Waals surface area contributed by atoms with Gasteiger partial charge in [0.05, 0.1) is 5.70 Å². The third-order valence-corrected chi connectivity index (χ3v) is 4.70. The Kier molecular flexibility index (Phi) is 8.14. The first-order chi connectivity index (χ1) is 16.5. The standard InChI is InChI=1S/C23H22N4O4.CH2O2/c1-27(2)11-12-30-23(29)19-20(28)18(31-21(19)17-8-4-3-5-9-24-17)13-15-14-26-22-16(15)7-6-10-25-22;2-1-3/h3-10,13-14,24H,11-12H2,1-2H3,(H,25,26);1H,(H,2,3). The van der Waals surface area contributed by atoms with Crippen LogP contribution in [0.4, 0.5) is 0 Å². The van der Waals surface area contributed by atoms with Gasteiger partial charge in [-0.25, -0.2) is 9.78 Å². The van der Waals surface area contributed by atoms with Gasteiger partial charge in [0.2, 0.25) is 5.78 Å². The lowest BCUT2D eigenvalue weighted by Gasteiger charge is -2.11. The molecule has 2 aliphatic heterocycles. The van der Waals surface area contributed by atoms with E-state index in [0.29, 0.717) is 17.9 Å². The van der Waals surface area contributed by atoms with Crippen LogP contribution in [-0.2, 0) is 23.9 Å². The Morgan fingerprint density at radius 1 is 1.29 bits per heavy atom. The number of fused-ring (bicyclic) bond motifs is 1. The molecule has 3 N–H and O–H groups in total. The number of nitrogens with one attached hydrogen (secondary N) is 2. The van der Waals surface area contributed by atoms with Crippen molar-refractivity contribution in [3.05, 3.63) is 83.4 Å². The van der Waals surface area contributed by atoms with Crippen LogP contribution in [0, 0.1) is 0 Å². The number of nitrogens with zero attached hydrogens (tertiary/aromatic N) is 2. The quantitative estimate of drug-likeness (QED) is 0.254. The van der Waals surface area contributed by atoms with Gasteiger partial charge >= 0.3 is 5.97 Å². The van der Waals surface area contributed by atoms with E-state index in [1.54, 1.807) is 42.9 Å². The van der Waals surface area contributed by atoms with Crippen LogP contribution in [0.3, 0.4) is 0 Å². The Morgan fingerprint density at radius 3 is 2.85 bits per heavy atom. The molecule has 0 aliphatic carbocycles. The van der Waals surface area contributed by atoms with Crippen LogP contribution in [0.2, 0.25) is 0 Å². The number of aromatic nitrogens is 2. The summed E-state index contributed by atoms with van der Waals surface area (Å²) < 4.78 is 11.2. The highest BCUT2D eigenvalue weighted by atomic mass is 16.5. The number of esters is 1. The summed E-state index contributed by atoms with van der Waals surface area (Å²) in [5.41, 5.74) is 1.78. The summed E-state index contributed by atoms with van der Waals surface area (Å²) in [5, 5.41) is 10.8. The number of ketones is 1. The monoisotopic (exact) mass is 464 g/mol. The van der Waals surface area contributed by atoms with Crippen molar-refractivity contribution in [2.24, 2.45) is 0 Å². The molecule has 0 amide bonds. The normalized spacial score (nSPS) is 16.0. The number of aromatic amines is 1. The molecule has 34 heavy (non-hydrogen) atoms. The van der Waals surface area contributed by atoms with Crippen LogP contribution < -0.4 is 5.32 Å². The summed E-state index contributed by atoms with van der Waals surface area (Å²) in [7, 11) is 3.75. The molecule has 2 aliphatic rings. The van der Waals surface area contributed by atoms with E-state index >= 15 is 0 Å². The molecular weight excluding hydrogens is 440 g/mol. The average molecular weight is 464 g/mol. The van der Waals surface area contributed by atoms with Gasteiger partial charge in [0.15, 0.2) is 17.1 Å². The molecule has 0 spiro atoms. The summed E-state index contributed by atoms with van der Waals surface area (Å²) in [6.07, 6.45) is 13.9. The fourth-order valence-corrected chi connectivity index (χ4v) is 3.13. The molecule has 0 radical (unpaired) electrons. The van der Waals surface area contributed by atoms with Gasteiger partial charge in [0.1, 0.15) is 12.3 Å². The van der Waals surface area contributed by atoms with Crippen molar-refractivity contribution in [3.8, 4) is 0 Å². The minimum atomic E-state index is -0.717. The topological polar surface area (TPSA) is 134 Å². The van der Waals surface area contributed by atoms with Crippen LogP contribution in [0.25, 0.3) is 17.1 Å². The summed E-state index contributed by atoms with van der Waals surface area (Å²) >= 11 is 0. The molecule has 4 heterocycles. The Morgan fingerprint density at radius 2 is 2.09 bits per heavy atom. The summed E-state index contributed by atoms with van der Waals surface area (Å²) in [6.45, 7) is 0.455. The van der Waals surface area contributed by atoms with Gasteiger partial charge in [-0.1, -0.05) is 12.2 Å². The molecule has 10 heteroatoms. The fourth-order valence-electron chi connectivity index (χ4n) is 3.13. The van der Waals surface area contributed by atoms with Crippen LogP contribution in [0.15, 0.2) is 77.8 Å². The lowest BCUT2D eigenvalue weighted by molar-refractivity contribution is -0.140. The van der Waals surface area contributed by atoms with E-state index in [1.165, 1.54) is 0 Å². The van der Waals surface area contributed by atoms with Crippen molar-refractivity contribution in [2.45, 2.75) is 0 Å². The van der Waals surface area contributed by atoms with Crippen molar-refractivity contribution >= 4 is 35.3 Å². The predicted molar refractivity (Wildman–Crippen MR) is 125 cm³/mol. The van der Waals surface area contributed by atoms with Gasteiger partial charge < -0.3 is 29.8 Å². The van der Waals surface area contributed by atoms with Gasteiger partial charge in [-0.2, -0.15) is 0 Å². The molecular formula is C24H24N4O6. The number of carbonyl (C=O) groups is 3. The highest BCUT2D eigenvalue weighted by Crippen LogP contribution is 2.32.